The number of aryl methyl sites for hydroxylation is 1. The highest BCUT2D eigenvalue weighted by atomic mass is 19.1. The number of aromatic nitrogens is 3. The Morgan fingerprint density at radius 2 is 2.00 bits per heavy atom. The molecule has 1 aromatic carbocycles. The van der Waals surface area contributed by atoms with Crippen LogP contribution in [0.5, 0.6) is 0 Å². The Bertz CT molecular complexity index is 1090. The molecule has 0 atom stereocenters. The Kier molecular flexibility index (Phi) is 5.40. The van der Waals surface area contributed by atoms with Gasteiger partial charge in [-0.25, -0.2) is 19.3 Å². The van der Waals surface area contributed by atoms with Gasteiger partial charge in [-0.1, -0.05) is 12.1 Å². The van der Waals surface area contributed by atoms with Gasteiger partial charge in [-0.05, 0) is 37.7 Å². The van der Waals surface area contributed by atoms with Crippen LogP contribution < -0.4 is 5.32 Å². The lowest BCUT2D eigenvalue weighted by atomic mass is 9.81. The number of likely N-dealkylation sites (tertiary alicyclic amines) is 1. The summed E-state index contributed by atoms with van der Waals surface area (Å²) in [6, 6.07) is 5.78. The highest BCUT2D eigenvalue weighted by Gasteiger charge is 2.31. The quantitative estimate of drug-likeness (QED) is 0.668. The molecule has 1 aliphatic heterocycles. The molecule has 8 heteroatoms. The van der Waals surface area contributed by atoms with Crippen molar-refractivity contribution in [1.29, 1.82) is 0 Å². The summed E-state index contributed by atoms with van der Waals surface area (Å²) >= 11 is 0. The number of hydrogen-bond acceptors (Lipinski definition) is 6. The molecule has 3 heterocycles. The average molecular weight is 423 g/mol. The number of anilines is 1. The molecule has 0 bridgehead atoms. The normalized spacial score (nSPS) is 22.4. The third-order valence-corrected chi connectivity index (χ3v) is 6.37. The number of amides is 1. The number of carbonyl (C=O) groups is 1. The Balaban J connectivity index is 1.21. The number of benzene rings is 1. The van der Waals surface area contributed by atoms with E-state index in [-0.39, 0.29) is 11.8 Å². The number of hydrogen-bond donors (Lipinski definition) is 1. The Hall–Kier alpha value is -2.87. The van der Waals surface area contributed by atoms with Gasteiger partial charge in [0.25, 0.3) is 0 Å². The fourth-order valence-corrected chi connectivity index (χ4v) is 4.57. The van der Waals surface area contributed by atoms with Gasteiger partial charge in [0.1, 0.15) is 6.17 Å². The number of nitrogens with one attached hydrogen (secondary N) is 1. The maximum absolute atomic E-state index is 13.0. The predicted molar refractivity (Wildman–Crippen MR) is 115 cm³/mol. The smallest absolute Gasteiger partial charge is 0.229 e. The summed E-state index contributed by atoms with van der Waals surface area (Å²) in [5.41, 5.74) is 1.62. The van der Waals surface area contributed by atoms with E-state index in [1.807, 2.05) is 18.2 Å². The first kappa shape index (κ1) is 20.1. The van der Waals surface area contributed by atoms with Crippen LogP contribution in [0.15, 0.2) is 35.0 Å². The zero-order chi connectivity index (χ0) is 21.4. The minimum atomic E-state index is -0.653. The van der Waals surface area contributed by atoms with E-state index in [0.717, 1.165) is 48.7 Å². The van der Waals surface area contributed by atoms with Gasteiger partial charge in [0.05, 0.1) is 11.7 Å². The lowest BCUT2D eigenvalue weighted by molar-refractivity contribution is -0.121. The molecule has 2 fully saturated rings. The third-order valence-electron chi connectivity index (χ3n) is 6.37. The summed E-state index contributed by atoms with van der Waals surface area (Å²) in [6.45, 7) is 3.89. The second-order valence-corrected chi connectivity index (χ2v) is 8.73. The van der Waals surface area contributed by atoms with Crippen molar-refractivity contribution in [2.24, 2.45) is 11.8 Å². The highest BCUT2D eigenvalue weighted by molar-refractivity contribution is 5.92. The molecule has 1 saturated carbocycles. The maximum Gasteiger partial charge on any atom is 0.229 e. The van der Waals surface area contributed by atoms with Crippen LogP contribution in [0.2, 0.25) is 0 Å². The molecule has 5 rings (SSSR count). The predicted octanol–water partition coefficient (Wildman–Crippen LogP) is 3.99. The molecule has 162 valence electrons. The first-order chi connectivity index (χ1) is 15.0. The second kappa shape index (κ2) is 8.34. The first-order valence-corrected chi connectivity index (χ1v) is 10.9. The fourth-order valence-electron chi connectivity index (χ4n) is 4.57. The van der Waals surface area contributed by atoms with Gasteiger partial charge >= 0.3 is 0 Å². The van der Waals surface area contributed by atoms with Crippen LogP contribution in [-0.4, -0.2) is 51.6 Å². The monoisotopic (exact) mass is 423 g/mol. The van der Waals surface area contributed by atoms with Crippen molar-refractivity contribution in [3.8, 4) is 11.3 Å². The van der Waals surface area contributed by atoms with Gasteiger partial charge in [-0.15, -0.1) is 0 Å². The van der Waals surface area contributed by atoms with Crippen molar-refractivity contribution in [2.45, 2.75) is 38.8 Å². The van der Waals surface area contributed by atoms with Gasteiger partial charge in [-0.3, -0.25) is 15.0 Å². The van der Waals surface area contributed by atoms with Crippen LogP contribution >= 0.6 is 0 Å². The average Bonchev–Trinajstić information content (AvgIpc) is 3.19. The van der Waals surface area contributed by atoms with Crippen molar-refractivity contribution in [3.05, 3.63) is 36.5 Å². The number of carbonyl (C=O) groups excluding carboxylic acids is 1. The van der Waals surface area contributed by atoms with Crippen molar-refractivity contribution in [3.63, 3.8) is 0 Å². The molecule has 2 aliphatic rings. The van der Waals surface area contributed by atoms with Crippen LogP contribution in [0.1, 0.15) is 31.6 Å². The number of halogens is 1. The van der Waals surface area contributed by atoms with Crippen LogP contribution in [-0.2, 0) is 4.79 Å². The van der Waals surface area contributed by atoms with E-state index < -0.39 is 6.17 Å². The Labute approximate surface area is 180 Å². The van der Waals surface area contributed by atoms with E-state index in [4.69, 9.17) is 4.42 Å². The molecular formula is C23H26FN5O2. The molecule has 3 aromatic rings. The van der Waals surface area contributed by atoms with Gasteiger partial charge < -0.3 is 4.42 Å². The van der Waals surface area contributed by atoms with Crippen molar-refractivity contribution in [1.82, 2.24) is 19.9 Å². The molecule has 7 nitrogen and oxygen atoms in total. The molecule has 1 aliphatic carbocycles. The molecule has 1 amide bonds. The maximum atomic E-state index is 13.0. The first-order valence-electron chi connectivity index (χ1n) is 10.9. The van der Waals surface area contributed by atoms with Gasteiger partial charge in [0.2, 0.25) is 11.9 Å². The summed E-state index contributed by atoms with van der Waals surface area (Å²) in [5.74, 6) is 2.13. The van der Waals surface area contributed by atoms with Crippen LogP contribution in [0, 0.1) is 18.8 Å². The number of oxazole rings is 1. The summed E-state index contributed by atoms with van der Waals surface area (Å²) in [4.78, 5) is 27.9. The second-order valence-electron chi connectivity index (χ2n) is 8.73. The summed E-state index contributed by atoms with van der Waals surface area (Å²) in [5, 5.41) is 3.78. The number of nitrogens with zero attached hydrogens (tertiary/aromatic N) is 4. The van der Waals surface area contributed by atoms with E-state index in [1.54, 1.807) is 19.3 Å². The van der Waals surface area contributed by atoms with E-state index in [9.17, 15) is 9.18 Å². The number of alkyl halides is 1. The van der Waals surface area contributed by atoms with E-state index >= 15 is 0 Å². The summed E-state index contributed by atoms with van der Waals surface area (Å²) < 4.78 is 18.6. The molecular weight excluding hydrogens is 397 g/mol. The Morgan fingerprint density at radius 1 is 1.19 bits per heavy atom. The Morgan fingerprint density at radius 3 is 2.71 bits per heavy atom. The number of fused-ring (bicyclic) bond motifs is 1. The van der Waals surface area contributed by atoms with Crippen LogP contribution in [0.3, 0.4) is 0 Å². The topological polar surface area (TPSA) is 84.2 Å². The van der Waals surface area contributed by atoms with Crippen LogP contribution in [0.4, 0.5) is 10.3 Å². The van der Waals surface area contributed by atoms with E-state index in [1.165, 1.54) is 0 Å². The van der Waals surface area contributed by atoms with Crippen molar-refractivity contribution in [2.75, 3.05) is 25.0 Å². The minimum Gasteiger partial charge on any atom is -0.441 e. The van der Waals surface area contributed by atoms with Crippen molar-refractivity contribution < 1.29 is 13.6 Å². The third kappa shape index (κ3) is 4.44. The lowest BCUT2D eigenvalue weighted by Crippen LogP contribution is -2.50. The summed E-state index contributed by atoms with van der Waals surface area (Å²) in [7, 11) is 0. The molecule has 31 heavy (non-hydrogen) atoms. The molecule has 2 aromatic heterocycles. The highest BCUT2D eigenvalue weighted by Crippen LogP contribution is 2.31. The molecule has 0 spiro atoms. The van der Waals surface area contributed by atoms with Gasteiger partial charge in [0.15, 0.2) is 11.7 Å². The van der Waals surface area contributed by atoms with Crippen LogP contribution in [0.25, 0.3) is 22.2 Å². The molecule has 1 saturated heterocycles. The largest absolute Gasteiger partial charge is 0.441 e. The number of rotatable bonds is 5. The fraction of sp³-hybridized carbons (Fsp3) is 0.478. The van der Waals surface area contributed by atoms with E-state index in [0.29, 0.717) is 36.6 Å². The standard InChI is InChI=1S/C23H26FN5O2/c1-14-25-10-21(31-14)17-6-7-18-9-26-23(27-20(18)8-17)28-22(30)16-4-2-15(3-5-16)11-29-12-19(24)13-29/h6-10,15-16,19H,2-5,11-13H2,1H3,(H,26,27,28,30). The molecule has 0 unspecified atom stereocenters. The van der Waals surface area contributed by atoms with Gasteiger partial charge in [-0.2, -0.15) is 0 Å². The zero-order valence-corrected chi connectivity index (χ0v) is 17.6. The van der Waals surface area contributed by atoms with Crippen molar-refractivity contribution >= 4 is 22.8 Å². The van der Waals surface area contributed by atoms with E-state index in [2.05, 4.69) is 25.2 Å². The zero-order valence-electron chi connectivity index (χ0n) is 17.6. The lowest BCUT2D eigenvalue weighted by Gasteiger charge is -2.38. The minimum absolute atomic E-state index is 0.0208. The molecule has 0 radical (unpaired) electrons. The SMILES string of the molecule is Cc1ncc(-c2ccc3cnc(NC(=O)C4CCC(CN5CC(F)C5)CC4)nc3c2)o1. The van der Waals surface area contributed by atoms with Gasteiger partial charge in [0, 0.05) is 49.6 Å². The summed E-state index contributed by atoms with van der Waals surface area (Å²) in [6.07, 6.45) is 6.47. The molecule has 1 N–H and O–H groups in total.